The molecule has 4 aromatic rings. The first-order chi connectivity index (χ1) is 15.9. The first kappa shape index (κ1) is 21.9. The third-order valence-electron chi connectivity index (χ3n) is 5.04. The third kappa shape index (κ3) is 4.67. The number of rotatable bonds is 6. The van der Waals surface area contributed by atoms with Gasteiger partial charge in [0, 0.05) is 5.56 Å². The maximum Gasteiger partial charge on any atom is 0.259 e. The molecule has 8 nitrogen and oxygen atoms in total. The molecule has 33 heavy (non-hydrogen) atoms. The first-order valence-corrected chi connectivity index (χ1v) is 10.1. The number of methoxy groups -OCH3 is 1. The van der Waals surface area contributed by atoms with E-state index in [1.807, 2.05) is 13.0 Å². The van der Waals surface area contributed by atoms with Gasteiger partial charge in [0.15, 0.2) is 0 Å². The van der Waals surface area contributed by atoms with E-state index < -0.39 is 11.8 Å². The quantitative estimate of drug-likeness (QED) is 0.461. The summed E-state index contributed by atoms with van der Waals surface area (Å²) in [4.78, 5) is 29.9. The van der Waals surface area contributed by atoms with Gasteiger partial charge in [0.05, 0.1) is 41.7 Å². The second-order valence-corrected chi connectivity index (χ2v) is 7.44. The molecule has 0 atom stereocenters. The average molecular weight is 448 g/mol. The van der Waals surface area contributed by atoms with Gasteiger partial charge in [0.1, 0.15) is 11.6 Å². The number of pyridine rings is 1. The molecule has 0 fully saturated rings. The number of aryl methyl sites for hydroxylation is 2. The maximum absolute atomic E-state index is 13.3. The highest BCUT2D eigenvalue weighted by Gasteiger charge is 2.20. The number of carbonyl (C=O) groups excluding carboxylic acids is 2. The number of amides is 2. The number of hydrogen-bond acceptors (Lipinski definition) is 6. The van der Waals surface area contributed by atoms with Crippen molar-refractivity contribution in [2.75, 3.05) is 19.0 Å². The molecule has 2 amide bonds. The lowest BCUT2D eigenvalue weighted by molar-refractivity contribution is -0.115. The Balaban J connectivity index is 1.56. The molecule has 0 saturated carbocycles. The summed E-state index contributed by atoms with van der Waals surface area (Å²) in [7, 11) is 1.51. The molecule has 2 aromatic heterocycles. The number of halogens is 1. The molecule has 0 spiro atoms. The number of ether oxygens (including phenoxy) is 1. The van der Waals surface area contributed by atoms with Crippen LogP contribution in [-0.4, -0.2) is 35.6 Å². The monoisotopic (exact) mass is 448 g/mol. The predicted octanol–water partition coefficient (Wildman–Crippen LogP) is 4.02. The topological polar surface area (TPSA) is 106 Å². The molecule has 0 aliphatic rings. The normalized spacial score (nSPS) is 10.8. The van der Waals surface area contributed by atoms with Crippen molar-refractivity contribution in [1.29, 1.82) is 0 Å². The third-order valence-corrected chi connectivity index (χ3v) is 5.04. The van der Waals surface area contributed by atoms with E-state index in [2.05, 4.69) is 20.8 Å². The smallest absolute Gasteiger partial charge is 0.259 e. The van der Waals surface area contributed by atoms with Crippen molar-refractivity contribution in [1.82, 2.24) is 15.5 Å². The second kappa shape index (κ2) is 9.07. The van der Waals surface area contributed by atoms with Crippen molar-refractivity contribution in [3.05, 3.63) is 71.2 Å². The standard InChI is InChI=1S/C24H21FN4O4/c1-13-4-9-20(32-3)19(10-13)27-21(30)12-26-23(31)17-11-18(15-5-7-16(25)8-6-15)28-24-22(17)14(2)29-33-24/h4-11H,12H2,1-3H3,(H,26,31)(H,27,30). The predicted molar refractivity (Wildman–Crippen MR) is 121 cm³/mol. The van der Waals surface area contributed by atoms with Gasteiger partial charge >= 0.3 is 0 Å². The largest absolute Gasteiger partial charge is 0.495 e. The summed E-state index contributed by atoms with van der Waals surface area (Å²) in [6.07, 6.45) is 0. The fourth-order valence-corrected chi connectivity index (χ4v) is 3.41. The molecule has 0 aliphatic heterocycles. The van der Waals surface area contributed by atoms with Crippen LogP contribution >= 0.6 is 0 Å². The van der Waals surface area contributed by atoms with E-state index in [4.69, 9.17) is 9.26 Å². The van der Waals surface area contributed by atoms with E-state index in [1.165, 1.54) is 19.2 Å². The SMILES string of the molecule is COc1ccc(C)cc1NC(=O)CNC(=O)c1cc(-c2ccc(F)cc2)nc2onc(C)c12. The van der Waals surface area contributed by atoms with E-state index in [1.54, 1.807) is 37.3 Å². The van der Waals surface area contributed by atoms with E-state index in [0.29, 0.717) is 33.8 Å². The van der Waals surface area contributed by atoms with Crippen LogP contribution in [-0.2, 0) is 4.79 Å². The first-order valence-electron chi connectivity index (χ1n) is 10.1. The van der Waals surface area contributed by atoms with E-state index >= 15 is 0 Å². The minimum absolute atomic E-state index is 0.174. The number of hydrogen-bond donors (Lipinski definition) is 2. The summed E-state index contributed by atoms with van der Waals surface area (Å²) in [6.45, 7) is 3.32. The van der Waals surface area contributed by atoms with Gasteiger partial charge < -0.3 is 19.9 Å². The Morgan fingerprint density at radius 1 is 1.09 bits per heavy atom. The van der Waals surface area contributed by atoms with Crippen molar-refractivity contribution in [3.8, 4) is 17.0 Å². The van der Waals surface area contributed by atoms with Crippen LogP contribution < -0.4 is 15.4 Å². The van der Waals surface area contributed by atoms with Gasteiger partial charge in [-0.15, -0.1) is 0 Å². The Morgan fingerprint density at radius 2 is 1.85 bits per heavy atom. The molecule has 0 bridgehead atoms. The molecule has 0 saturated heterocycles. The van der Waals surface area contributed by atoms with E-state index in [9.17, 15) is 14.0 Å². The fourth-order valence-electron chi connectivity index (χ4n) is 3.41. The van der Waals surface area contributed by atoms with E-state index in [0.717, 1.165) is 5.56 Å². The molecule has 0 unspecified atom stereocenters. The fraction of sp³-hybridized carbons (Fsp3) is 0.167. The molecule has 168 valence electrons. The highest BCUT2D eigenvalue weighted by atomic mass is 19.1. The zero-order chi connectivity index (χ0) is 23.5. The van der Waals surface area contributed by atoms with Crippen molar-refractivity contribution >= 4 is 28.6 Å². The molecule has 0 aliphatic carbocycles. The van der Waals surface area contributed by atoms with Gasteiger partial charge in [-0.25, -0.2) is 9.37 Å². The Hall–Kier alpha value is -4.27. The van der Waals surface area contributed by atoms with Crippen LogP contribution in [0.15, 0.2) is 53.1 Å². The number of nitrogens with zero attached hydrogens (tertiary/aromatic N) is 2. The lowest BCUT2D eigenvalue weighted by Crippen LogP contribution is -2.33. The maximum atomic E-state index is 13.3. The van der Waals surface area contributed by atoms with Crippen molar-refractivity contribution in [3.63, 3.8) is 0 Å². The molecule has 9 heteroatoms. The Kier molecular flexibility index (Phi) is 6.03. The zero-order valence-electron chi connectivity index (χ0n) is 18.2. The number of fused-ring (bicyclic) bond motifs is 1. The Bertz CT molecular complexity index is 1350. The zero-order valence-corrected chi connectivity index (χ0v) is 18.2. The van der Waals surface area contributed by atoms with Gasteiger partial charge in [-0.05, 0) is 61.9 Å². The van der Waals surface area contributed by atoms with Crippen LogP contribution in [0.5, 0.6) is 5.75 Å². The van der Waals surface area contributed by atoms with E-state index in [-0.39, 0.29) is 23.6 Å². The summed E-state index contributed by atoms with van der Waals surface area (Å²) in [5.41, 5.74) is 3.39. The van der Waals surface area contributed by atoms with Crippen molar-refractivity contribution < 1.29 is 23.2 Å². The highest BCUT2D eigenvalue weighted by molar-refractivity contribution is 6.08. The number of carbonyl (C=O) groups is 2. The van der Waals surface area contributed by atoms with Crippen molar-refractivity contribution in [2.45, 2.75) is 13.8 Å². The number of aromatic nitrogens is 2. The molecule has 4 rings (SSSR count). The highest BCUT2D eigenvalue weighted by Crippen LogP contribution is 2.27. The second-order valence-electron chi connectivity index (χ2n) is 7.44. The van der Waals surface area contributed by atoms with Crippen LogP contribution in [0, 0.1) is 19.7 Å². The van der Waals surface area contributed by atoms with Crippen LogP contribution in [0.3, 0.4) is 0 Å². The molecular weight excluding hydrogens is 427 g/mol. The Morgan fingerprint density at radius 3 is 2.58 bits per heavy atom. The summed E-state index contributed by atoms with van der Waals surface area (Å²) in [5, 5.41) is 9.70. The van der Waals surface area contributed by atoms with Crippen LogP contribution in [0.1, 0.15) is 21.6 Å². The van der Waals surface area contributed by atoms with Gasteiger partial charge in [-0.1, -0.05) is 11.2 Å². The van der Waals surface area contributed by atoms with Crippen LogP contribution in [0.2, 0.25) is 0 Å². The summed E-state index contributed by atoms with van der Waals surface area (Å²) in [5.74, 6) is -0.786. The minimum Gasteiger partial charge on any atom is -0.495 e. The molecule has 2 N–H and O–H groups in total. The van der Waals surface area contributed by atoms with Gasteiger partial charge in [-0.3, -0.25) is 9.59 Å². The van der Waals surface area contributed by atoms with Gasteiger partial charge in [0.25, 0.3) is 11.6 Å². The van der Waals surface area contributed by atoms with Crippen LogP contribution in [0.25, 0.3) is 22.4 Å². The van der Waals surface area contributed by atoms with Gasteiger partial charge in [0.2, 0.25) is 5.91 Å². The molecule has 2 heterocycles. The lowest BCUT2D eigenvalue weighted by Gasteiger charge is -2.12. The molecule has 2 aromatic carbocycles. The average Bonchev–Trinajstić information content (AvgIpc) is 3.18. The number of anilines is 1. The summed E-state index contributed by atoms with van der Waals surface area (Å²) < 4.78 is 23.8. The number of nitrogens with one attached hydrogen (secondary N) is 2. The lowest BCUT2D eigenvalue weighted by atomic mass is 10.1. The summed E-state index contributed by atoms with van der Waals surface area (Å²) >= 11 is 0. The number of benzene rings is 2. The Labute approximate surface area is 188 Å². The van der Waals surface area contributed by atoms with Crippen molar-refractivity contribution in [2.24, 2.45) is 0 Å². The van der Waals surface area contributed by atoms with Crippen LogP contribution in [0.4, 0.5) is 10.1 Å². The summed E-state index contributed by atoms with van der Waals surface area (Å²) in [6, 6.07) is 12.7. The molecule has 0 radical (unpaired) electrons. The molecular formula is C24H21FN4O4. The van der Waals surface area contributed by atoms with Gasteiger partial charge in [-0.2, -0.15) is 0 Å². The minimum atomic E-state index is -0.497.